The molecule has 0 saturated heterocycles. The fourth-order valence-corrected chi connectivity index (χ4v) is 1.13. The van der Waals surface area contributed by atoms with Crippen LogP contribution in [0.4, 0.5) is 18.9 Å². The van der Waals surface area contributed by atoms with Crippen molar-refractivity contribution in [2.75, 3.05) is 12.4 Å². The number of carbonyl (C=O) groups excluding carboxylic acids is 1. The number of ether oxygens (including phenoxy) is 1. The Morgan fingerprint density at radius 3 is 2.25 bits per heavy atom. The first-order valence-electron chi connectivity index (χ1n) is 4.44. The summed E-state index contributed by atoms with van der Waals surface area (Å²) in [5.41, 5.74) is -0.556. The smallest absolute Gasteiger partial charge is 0.327 e. The largest absolute Gasteiger partial charge is 0.467 e. The summed E-state index contributed by atoms with van der Waals surface area (Å²) in [6, 6.07) is 0.115. The van der Waals surface area contributed by atoms with Crippen molar-refractivity contribution >= 4 is 11.7 Å². The van der Waals surface area contributed by atoms with Gasteiger partial charge in [-0.3, -0.25) is 0 Å². The Labute approximate surface area is 90.2 Å². The minimum atomic E-state index is -1.10. The molecule has 3 nitrogen and oxygen atoms in total. The number of anilines is 1. The molecule has 0 spiro atoms. The molecule has 0 bridgehead atoms. The van der Waals surface area contributed by atoms with E-state index in [9.17, 15) is 18.0 Å². The van der Waals surface area contributed by atoms with E-state index in [-0.39, 0.29) is 0 Å². The van der Waals surface area contributed by atoms with E-state index in [1.54, 1.807) is 0 Å². The molecule has 1 atom stereocenters. The van der Waals surface area contributed by atoms with Crippen LogP contribution in [0.2, 0.25) is 0 Å². The van der Waals surface area contributed by atoms with Gasteiger partial charge in [0.1, 0.15) is 17.5 Å². The van der Waals surface area contributed by atoms with Crippen LogP contribution in [0.3, 0.4) is 0 Å². The molecule has 6 heteroatoms. The van der Waals surface area contributed by atoms with E-state index in [4.69, 9.17) is 0 Å². The van der Waals surface area contributed by atoms with Gasteiger partial charge in [0, 0.05) is 12.1 Å². The van der Waals surface area contributed by atoms with Crippen molar-refractivity contribution in [1.29, 1.82) is 0 Å². The maximum absolute atomic E-state index is 13.1. The summed E-state index contributed by atoms with van der Waals surface area (Å²) in [6.45, 7) is 1.37. The Bertz CT molecular complexity index is 386. The monoisotopic (exact) mass is 233 g/mol. The molecule has 0 aliphatic heterocycles. The highest BCUT2D eigenvalue weighted by Gasteiger charge is 2.18. The van der Waals surface area contributed by atoms with E-state index < -0.39 is 35.2 Å². The lowest BCUT2D eigenvalue weighted by Crippen LogP contribution is -2.28. The van der Waals surface area contributed by atoms with Crippen molar-refractivity contribution in [3.05, 3.63) is 29.6 Å². The first-order valence-corrected chi connectivity index (χ1v) is 4.44. The number of rotatable bonds is 3. The fourth-order valence-electron chi connectivity index (χ4n) is 1.13. The molecule has 0 aliphatic rings. The number of hydrogen-bond acceptors (Lipinski definition) is 3. The van der Waals surface area contributed by atoms with Crippen LogP contribution in [0.5, 0.6) is 0 Å². The zero-order valence-corrected chi connectivity index (χ0v) is 8.68. The summed E-state index contributed by atoms with van der Waals surface area (Å²) in [7, 11) is 1.15. The zero-order chi connectivity index (χ0) is 12.3. The predicted octanol–water partition coefficient (Wildman–Crippen LogP) is 2.08. The van der Waals surface area contributed by atoms with Gasteiger partial charge in [-0.2, -0.15) is 0 Å². The fraction of sp³-hybridized carbons (Fsp3) is 0.300. The molecular formula is C10H10F3NO2. The van der Waals surface area contributed by atoms with Gasteiger partial charge < -0.3 is 10.1 Å². The molecule has 1 aromatic carbocycles. The van der Waals surface area contributed by atoms with Crippen molar-refractivity contribution < 1.29 is 22.7 Å². The normalized spacial score (nSPS) is 12.1. The van der Waals surface area contributed by atoms with E-state index in [1.807, 2.05) is 0 Å². The third-order valence-electron chi connectivity index (χ3n) is 1.92. The number of halogens is 3. The number of hydrogen-bond donors (Lipinski definition) is 1. The Kier molecular flexibility index (Phi) is 3.76. The van der Waals surface area contributed by atoms with Gasteiger partial charge in [0.25, 0.3) is 0 Å². The molecule has 0 amide bonds. The van der Waals surface area contributed by atoms with Crippen LogP contribution >= 0.6 is 0 Å². The molecule has 1 rings (SSSR count). The third kappa shape index (κ3) is 2.65. The molecule has 88 valence electrons. The molecule has 16 heavy (non-hydrogen) atoms. The number of esters is 1. The van der Waals surface area contributed by atoms with Crippen molar-refractivity contribution in [2.24, 2.45) is 0 Å². The first-order chi connectivity index (χ1) is 7.45. The highest BCUT2D eigenvalue weighted by atomic mass is 19.1. The standard InChI is InChI=1S/C10H10F3NO2/c1-5(10(15)16-2)14-9-7(12)3-6(11)4-8(9)13/h3-5,14H,1-2H3. The van der Waals surface area contributed by atoms with Gasteiger partial charge in [0.05, 0.1) is 7.11 Å². The quantitative estimate of drug-likeness (QED) is 0.812. The summed E-state index contributed by atoms with van der Waals surface area (Å²) < 4.78 is 43.2. The Morgan fingerprint density at radius 2 is 1.81 bits per heavy atom. The average Bonchev–Trinajstić information content (AvgIpc) is 2.21. The first kappa shape index (κ1) is 12.4. The number of nitrogens with one attached hydrogen (secondary N) is 1. The zero-order valence-electron chi connectivity index (χ0n) is 8.68. The number of methoxy groups -OCH3 is 1. The summed E-state index contributed by atoms with van der Waals surface area (Å²) in [6.07, 6.45) is 0. The van der Waals surface area contributed by atoms with Crippen LogP contribution in [0.1, 0.15) is 6.92 Å². The van der Waals surface area contributed by atoms with Crippen LogP contribution in [0.15, 0.2) is 12.1 Å². The molecule has 0 aromatic heterocycles. The van der Waals surface area contributed by atoms with E-state index in [0.717, 1.165) is 7.11 Å². The second kappa shape index (κ2) is 4.87. The molecule has 0 saturated carbocycles. The maximum Gasteiger partial charge on any atom is 0.327 e. The molecule has 1 unspecified atom stereocenters. The molecule has 1 aromatic rings. The van der Waals surface area contributed by atoms with Gasteiger partial charge in [-0.05, 0) is 6.92 Å². The van der Waals surface area contributed by atoms with Crippen molar-refractivity contribution in [3.8, 4) is 0 Å². The van der Waals surface area contributed by atoms with Gasteiger partial charge in [-0.1, -0.05) is 0 Å². The Morgan fingerprint density at radius 1 is 1.31 bits per heavy atom. The van der Waals surface area contributed by atoms with E-state index >= 15 is 0 Å². The Hall–Kier alpha value is -1.72. The van der Waals surface area contributed by atoms with Gasteiger partial charge >= 0.3 is 5.97 Å². The second-order valence-electron chi connectivity index (χ2n) is 3.13. The van der Waals surface area contributed by atoms with Gasteiger partial charge in [-0.25, -0.2) is 18.0 Å². The van der Waals surface area contributed by atoms with E-state index in [0.29, 0.717) is 12.1 Å². The van der Waals surface area contributed by atoms with Crippen LogP contribution < -0.4 is 5.32 Å². The van der Waals surface area contributed by atoms with Crippen molar-refractivity contribution in [3.63, 3.8) is 0 Å². The van der Waals surface area contributed by atoms with Crippen LogP contribution in [-0.2, 0) is 9.53 Å². The minimum absolute atomic E-state index is 0.523. The van der Waals surface area contributed by atoms with Crippen molar-refractivity contribution in [2.45, 2.75) is 13.0 Å². The number of benzene rings is 1. The maximum atomic E-state index is 13.1. The van der Waals surface area contributed by atoms with Gasteiger partial charge in [0.15, 0.2) is 11.6 Å². The highest BCUT2D eigenvalue weighted by molar-refractivity contribution is 5.78. The molecule has 1 N–H and O–H groups in total. The van der Waals surface area contributed by atoms with Crippen molar-refractivity contribution in [1.82, 2.24) is 0 Å². The molecule has 0 aliphatic carbocycles. The highest BCUT2D eigenvalue weighted by Crippen LogP contribution is 2.20. The van der Waals surface area contributed by atoms with E-state index in [1.165, 1.54) is 6.92 Å². The van der Waals surface area contributed by atoms with Crippen LogP contribution in [0, 0.1) is 17.5 Å². The van der Waals surface area contributed by atoms with E-state index in [2.05, 4.69) is 10.1 Å². The molecular weight excluding hydrogens is 223 g/mol. The average molecular weight is 233 g/mol. The molecule has 0 heterocycles. The minimum Gasteiger partial charge on any atom is -0.467 e. The molecule has 0 fully saturated rings. The summed E-state index contributed by atoms with van der Waals surface area (Å²) >= 11 is 0. The number of carbonyl (C=O) groups is 1. The van der Waals surface area contributed by atoms with Crippen LogP contribution in [0.25, 0.3) is 0 Å². The molecule has 0 radical (unpaired) electrons. The van der Waals surface area contributed by atoms with Crippen LogP contribution in [-0.4, -0.2) is 19.1 Å². The lowest BCUT2D eigenvalue weighted by Gasteiger charge is -2.14. The van der Waals surface area contributed by atoms with Gasteiger partial charge in [-0.15, -0.1) is 0 Å². The lowest BCUT2D eigenvalue weighted by atomic mass is 10.2. The second-order valence-corrected chi connectivity index (χ2v) is 3.13. The topological polar surface area (TPSA) is 38.3 Å². The lowest BCUT2D eigenvalue weighted by molar-refractivity contribution is -0.141. The predicted molar refractivity (Wildman–Crippen MR) is 51.4 cm³/mol. The third-order valence-corrected chi connectivity index (χ3v) is 1.92. The summed E-state index contributed by atoms with van der Waals surface area (Å²) in [4.78, 5) is 11.0. The summed E-state index contributed by atoms with van der Waals surface area (Å²) in [5, 5.41) is 2.27. The Balaban J connectivity index is 2.93. The SMILES string of the molecule is COC(=O)C(C)Nc1c(F)cc(F)cc1F. The summed E-state index contributed by atoms with van der Waals surface area (Å²) in [5.74, 6) is -3.91. The van der Waals surface area contributed by atoms with Gasteiger partial charge in [0.2, 0.25) is 0 Å².